The SMILES string of the molecule is COc1ccc(N2CCN(CCC(=O)c3cnn(-c4ncccn4)c3C)CC2)cc1. The predicted molar refractivity (Wildman–Crippen MR) is 114 cm³/mol. The van der Waals surface area contributed by atoms with Crippen molar-refractivity contribution in [1.82, 2.24) is 24.6 Å². The number of piperazine rings is 1. The van der Waals surface area contributed by atoms with Crippen LogP contribution in [-0.2, 0) is 0 Å². The van der Waals surface area contributed by atoms with Crippen molar-refractivity contribution in [1.29, 1.82) is 0 Å². The maximum absolute atomic E-state index is 12.8. The minimum atomic E-state index is 0.104. The normalized spacial score (nSPS) is 14.7. The molecule has 1 aliphatic heterocycles. The molecule has 8 heteroatoms. The number of hydrogen-bond donors (Lipinski definition) is 0. The number of hydrogen-bond acceptors (Lipinski definition) is 7. The second-order valence-electron chi connectivity index (χ2n) is 7.30. The molecule has 0 radical (unpaired) electrons. The highest BCUT2D eigenvalue weighted by atomic mass is 16.5. The Morgan fingerprint density at radius 1 is 1.07 bits per heavy atom. The van der Waals surface area contributed by atoms with E-state index in [1.54, 1.807) is 36.4 Å². The molecule has 2 aromatic heterocycles. The average Bonchev–Trinajstić information content (AvgIpc) is 3.20. The quantitative estimate of drug-likeness (QED) is 0.558. The molecule has 3 heterocycles. The van der Waals surface area contributed by atoms with E-state index in [0.717, 1.165) is 44.2 Å². The number of Topliss-reactive ketones (excluding diaryl/α,β-unsaturated/α-hetero) is 1. The van der Waals surface area contributed by atoms with Crippen LogP contribution in [-0.4, -0.2) is 70.3 Å². The summed E-state index contributed by atoms with van der Waals surface area (Å²) >= 11 is 0. The second-order valence-corrected chi connectivity index (χ2v) is 7.30. The third kappa shape index (κ3) is 4.33. The van der Waals surface area contributed by atoms with Crippen LogP contribution in [0, 0.1) is 6.92 Å². The van der Waals surface area contributed by atoms with Gasteiger partial charge in [-0.05, 0) is 37.3 Å². The number of carbonyl (C=O) groups is 1. The smallest absolute Gasteiger partial charge is 0.250 e. The molecule has 1 aromatic carbocycles. The molecule has 3 aromatic rings. The Bertz CT molecular complexity index is 979. The molecule has 0 N–H and O–H groups in total. The lowest BCUT2D eigenvalue weighted by Gasteiger charge is -2.36. The fraction of sp³-hybridized carbons (Fsp3) is 0.364. The zero-order valence-corrected chi connectivity index (χ0v) is 17.4. The highest BCUT2D eigenvalue weighted by molar-refractivity contribution is 5.97. The maximum Gasteiger partial charge on any atom is 0.250 e. The van der Waals surface area contributed by atoms with Gasteiger partial charge in [-0.3, -0.25) is 9.69 Å². The summed E-state index contributed by atoms with van der Waals surface area (Å²) in [5, 5.41) is 4.30. The van der Waals surface area contributed by atoms with E-state index in [1.165, 1.54) is 5.69 Å². The summed E-state index contributed by atoms with van der Waals surface area (Å²) in [6, 6.07) is 9.92. The predicted octanol–water partition coefficient (Wildman–Crippen LogP) is 2.37. The molecule has 1 aliphatic rings. The summed E-state index contributed by atoms with van der Waals surface area (Å²) < 4.78 is 6.84. The first-order valence-corrected chi connectivity index (χ1v) is 10.1. The van der Waals surface area contributed by atoms with Gasteiger partial charge >= 0.3 is 0 Å². The number of ketones is 1. The van der Waals surface area contributed by atoms with Gasteiger partial charge in [0.1, 0.15) is 5.75 Å². The standard InChI is InChI=1S/C22H26N6O2/c1-17-20(16-25-28(17)22-23-9-3-10-24-22)21(29)8-11-26-12-14-27(15-13-26)18-4-6-19(30-2)7-5-18/h3-7,9-10,16H,8,11-15H2,1-2H3. The van der Waals surface area contributed by atoms with Gasteiger partial charge in [0.2, 0.25) is 0 Å². The van der Waals surface area contributed by atoms with E-state index in [9.17, 15) is 4.79 Å². The van der Waals surface area contributed by atoms with Crippen LogP contribution in [0.4, 0.5) is 5.69 Å². The molecule has 30 heavy (non-hydrogen) atoms. The minimum Gasteiger partial charge on any atom is -0.497 e. The molecule has 0 saturated carbocycles. The van der Waals surface area contributed by atoms with Crippen LogP contribution in [0.2, 0.25) is 0 Å². The Hall–Kier alpha value is -3.26. The molecule has 0 amide bonds. The average molecular weight is 406 g/mol. The third-order valence-corrected chi connectivity index (χ3v) is 5.52. The van der Waals surface area contributed by atoms with E-state index in [-0.39, 0.29) is 5.78 Å². The van der Waals surface area contributed by atoms with Gasteiger partial charge in [-0.25, -0.2) is 14.6 Å². The molecule has 8 nitrogen and oxygen atoms in total. The van der Waals surface area contributed by atoms with Crippen LogP contribution in [0.3, 0.4) is 0 Å². The van der Waals surface area contributed by atoms with Crippen LogP contribution in [0.1, 0.15) is 22.5 Å². The Morgan fingerprint density at radius 3 is 2.43 bits per heavy atom. The molecular formula is C22H26N6O2. The van der Waals surface area contributed by atoms with Crippen LogP contribution >= 0.6 is 0 Å². The Morgan fingerprint density at radius 2 is 1.77 bits per heavy atom. The van der Waals surface area contributed by atoms with E-state index in [2.05, 4.69) is 37.0 Å². The fourth-order valence-electron chi connectivity index (χ4n) is 3.70. The van der Waals surface area contributed by atoms with Crippen LogP contribution in [0.5, 0.6) is 5.75 Å². The molecular weight excluding hydrogens is 380 g/mol. The molecule has 0 atom stereocenters. The molecule has 0 spiro atoms. The summed E-state index contributed by atoms with van der Waals surface area (Å²) in [6.45, 7) is 6.41. The highest BCUT2D eigenvalue weighted by Crippen LogP contribution is 2.21. The zero-order chi connectivity index (χ0) is 20.9. The van der Waals surface area contributed by atoms with E-state index in [1.807, 2.05) is 19.1 Å². The van der Waals surface area contributed by atoms with Gasteiger partial charge in [0.25, 0.3) is 5.95 Å². The van der Waals surface area contributed by atoms with E-state index >= 15 is 0 Å². The van der Waals surface area contributed by atoms with E-state index in [4.69, 9.17) is 4.74 Å². The van der Waals surface area contributed by atoms with Gasteiger partial charge in [0.15, 0.2) is 5.78 Å². The Labute approximate surface area is 176 Å². The van der Waals surface area contributed by atoms with Gasteiger partial charge in [-0.15, -0.1) is 0 Å². The van der Waals surface area contributed by atoms with Gasteiger partial charge in [-0.2, -0.15) is 5.10 Å². The first-order valence-electron chi connectivity index (χ1n) is 10.1. The number of aromatic nitrogens is 4. The third-order valence-electron chi connectivity index (χ3n) is 5.52. The first kappa shape index (κ1) is 20.0. The van der Waals surface area contributed by atoms with Gasteiger partial charge < -0.3 is 9.64 Å². The lowest BCUT2D eigenvalue weighted by molar-refractivity contribution is 0.0962. The van der Waals surface area contributed by atoms with Crippen molar-refractivity contribution in [2.45, 2.75) is 13.3 Å². The van der Waals surface area contributed by atoms with E-state index < -0.39 is 0 Å². The number of rotatable bonds is 7. The summed E-state index contributed by atoms with van der Waals surface area (Å²) in [4.78, 5) is 25.9. The summed E-state index contributed by atoms with van der Waals surface area (Å²) in [7, 11) is 1.68. The van der Waals surface area contributed by atoms with Gasteiger partial charge in [0, 0.05) is 57.2 Å². The number of ether oxygens (including phenoxy) is 1. The zero-order valence-electron chi connectivity index (χ0n) is 17.4. The van der Waals surface area contributed by atoms with Gasteiger partial charge in [-0.1, -0.05) is 0 Å². The largest absolute Gasteiger partial charge is 0.497 e. The van der Waals surface area contributed by atoms with E-state index in [0.29, 0.717) is 17.9 Å². The minimum absolute atomic E-state index is 0.104. The van der Waals surface area contributed by atoms with Crippen molar-refractivity contribution < 1.29 is 9.53 Å². The first-order chi connectivity index (χ1) is 14.7. The monoisotopic (exact) mass is 406 g/mol. The molecule has 0 unspecified atom stereocenters. The summed E-state index contributed by atoms with van der Waals surface area (Å²) in [5.41, 5.74) is 2.62. The lowest BCUT2D eigenvalue weighted by Crippen LogP contribution is -2.46. The van der Waals surface area contributed by atoms with Crippen molar-refractivity contribution in [3.05, 3.63) is 60.2 Å². The van der Waals surface area contributed by atoms with Crippen molar-refractivity contribution in [2.75, 3.05) is 44.7 Å². The van der Waals surface area contributed by atoms with Crippen molar-refractivity contribution >= 4 is 11.5 Å². The Balaban J connectivity index is 1.29. The molecule has 0 bridgehead atoms. The van der Waals surface area contributed by atoms with Gasteiger partial charge in [0.05, 0.1) is 24.6 Å². The topological polar surface area (TPSA) is 76.4 Å². The number of methoxy groups -OCH3 is 1. The maximum atomic E-state index is 12.8. The highest BCUT2D eigenvalue weighted by Gasteiger charge is 2.20. The van der Waals surface area contributed by atoms with Crippen molar-refractivity contribution in [2.24, 2.45) is 0 Å². The summed E-state index contributed by atoms with van der Waals surface area (Å²) in [6.07, 6.45) is 5.42. The van der Waals surface area contributed by atoms with Crippen LogP contribution in [0.25, 0.3) is 5.95 Å². The number of carbonyl (C=O) groups excluding carboxylic acids is 1. The lowest BCUT2D eigenvalue weighted by atomic mass is 10.1. The molecule has 0 aliphatic carbocycles. The fourth-order valence-corrected chi connectivity index (χ4v) is 3.70. The van der Waals surface area contributed by atoms with Crippen molar-refractivity contribution in [3.8, 4) is 11.7 Å². The van der Waals surface area contributed by atoms with Crippen LogP contribution < -0.4 is 9.64 Å². The molecule has 1 fully saturated rings. The Kier molecular flexibility index (Phi) is 6.04. The number of benzene rings is 1. The molecule has 1 saturated heterocycles. The molecule has 156 valence electrons. The summed E-state index contributed by atoms with van der Waals surface area (Å²) in [5.74, 6) is 1.45. The second kappa shape index (κ2) is 9.04. The number of nitrogens with zero attached hydrogens (tertiary/aromatic N) is 6. The van der Waals surface area contributed by atoms with Crippen molar-refractivity contribution in [3.63, 3.8) is 0 Å². The number of anilines is 1. The molecule has 4 rings (SSSR count). The van der Waals surface area contributed by atoms with Crippen LogP contribution in [0.15, 0.2) is 48.9 Å².